The van der Waals surface area contributed by atoms with E-state index in [0.29, 0.717) is 6.07 Å². The Bertz CT molecular complexity index is 1590. The number of nitrogens with one attached hydrogen (secondary N) is 2. The van der Waals surface area contributed by atoms with Crippen LogP contribution in [0.2, 0.25) is 5.02 Å². The zero-order chi connectivity index (χ0) is 27.8. The second-order valence-corrected chi connectivity index (χ2v) is 11.6. The van der Waals surface area contributed by atoms with Gasteiger partial charge in [-0.05, 0) is 48.9 Å². The summed E-state index contributed by atoms with van der Waals surface area (Å²) in [5.41, 5.74) is -2.37. The van der Waals surface area contributed by atoms with E-state index in [9.17, 15) is 34.8 Å². The zero-order valence-corrected chi connectivity index (χ0v) is 21.7. The maximum Gasteiger partial charge on any atom is 0.416 e. The van der Waals surface area contributed by atoms with Gasteiger partial charge in [-0.2, -0.15) is 13.2 Å². The van der Waals surface area contributed by atoms with Crippen molar-refractivity contribution >= 4 is 48.8 Å². The van der Waals surface area contributed by atoms with Crippen LogP contribution in [0.1, 0.15) is 27.2 Å². The van der Waals surface area contributed by atoms with Gasteiger partial charge in [-0.3, -0.25) is 14.2 Å². The molecule has 0 unspecified atom stereocenters. The molecule has 0 saturated heterocycles. The smallest absolute Gasteiger partial charge is 0.416 e. The summed E-state index contributed by atoms with van der Waals surface area (Å²) in [6.45, 7) is 1.18. The van der Waals surface area contributed by atoms with Crippen molar-refractivity contribution in [1.29, 1.82) is 0 Å². The molecule has 0 aliphatic heterocycles. The Labute approximate surface area is 215 Å². The number of carbonyl (C=O) groups is 1. The normalized spacial score (nSPS) is 12.2. The molecule has 3 aromatic rings. The topological polar surface area (TPSA) is 132 Å². The molecule has 0 spiro atoms. The molecule has 1 heterocycles. The van der Waals surface area contributed by atoms with Gasteiger partial charge in [0.2, 0.25) is 15.8 Å². The SMILES string of the molecule is COc1ccc(NS(C)(=O)=O)cc1C(=O)c1ncc(Cl)cc1NS(=O)(=O)c1ccc(C)c(C(F)(F)F)c1. The zero-order valence-electron chi connectivity index (χ0n) is 19.3. The van der Waals surface area contributed by atoms with Crippen molar-refractivity contribution in [3.05, 3.63) is 76.1 Å². The Morgan fingerprint density at radius 2 is 1.70 bits per heavy atom. The quantitative estimate of drug-likeness (QED) is 0.377. The van der Waals surface area contributed by atoms with Gasteiger partial charge in [-0.15, -0.1) is 0 Å². The molecule has 198 valence electrons. The molecule has 15 heteroatoms. The Balaban J connectivity index is 2.09. The summed E-state index contributed by atoms with van der Waals surface area (Å²) in [4.78, 5) is 16.6. The molecule has 37 heavy (non-hydrogen) atoms. The highest BCUT2D eigenvalue weighted by atomic mass is 35.5. The highest BCUT2D eigenvalue weighted by molar-refractivity contribution is 7.92. The number of methoxy groups -OCH3 is 1. The molecule has 2 N–H and O–H groups in total. The lowest BCUT2D eigenvalue weighted by atomic mass is 10.0. The van der Waals surface area contributed by atoms with Gasteiger partial charge in [0, 0.05) is 11.9 Å². The van der Waals surface area contributed by atoms with E-state index in [1.165, 1.54) is 26.2 Å². The van der Waals surface area contributed by atoms with Crippen LogP contribution >= 0.6 is 11.6 Å². The van der Waals surface area contributed by atoms with Crippen LogP contribution in [-0.4, -0.2) is 41.0 Å². The van der Waals surface area contributed by atoms with Crippen LogP contribution in [0.25, 0.3) is 0 Å². The monoisotopic (exact) mass is 577 g/mol. The first-order valence-electron chi connectivity index (χ1n) is 10.1. The van der Waals surface area contributed by atoms with E-state index < -0.39 is 53.8 Å². The lowest BCUT2D eigenvalue weighted by Crippen LogP contribution is -2.18. The largest absolute Gasteiger partial charge is 0.496 e. The van der Waals surface area contributed by atoms with Crippen molar-refractivity contribution in [3.63, 3.8) is 0 Å². The lowest BCUT2D eigenvalue weighted by molar-refractivity contribution is -0.138. The van der Waals surface area contributed by atoms with Gasteiger partial charge in [-0.25, -0.2) is 21.8 Å². The fourth-order valence-electron chi connectivity index (χ4n) is 3.27. The van der Waals surface area contributed by atoms with Gasteiger partial charge in [0.25, 0.3) is 10.0 Å². The van der Waals surface area contributed by atoms with E-state index in [4.69, 9.17) is 16.3 Å². The molecule has 9 nitrogen and oxygen atoms in total. The molecule has 0 bridgehead atoms. The second-order valence-electron chi connectivity index (χ2n) is 7.75. The van der Waals surface area contributed by atoms with Gasteiger partial charge in [-0.1, -0.05) is 17.7 Å². The number of ketones is 1. The van der Waals surface area contributed by atoms with Crippen LogP contribution in [0.5, 0.6) is 5.75 Å². The predicted molar refractivity (Wildman–Crippen MR) is 131 cm³/mol. The van der Waals surface area contributed by atoms with Crippen LogP contribution in [0, 0.1) is 6.92 Å². The third-order valence-electron chi connectivity index (χ3n) is 4.89. The van der Waals surface area contributed by atoms with Gasteiger partial charge in [0.15, 0.2) is 0 Å². The number of nitrogens with zero attached hydrogens (tertiary/aromatic N) is 1. The van der Waals surface area contributed by atoms with Crippen molar-refractivity contribution < 1.29 is 39.5 Å². The first kappa shape index (κ1) is 28.2. The molecule has 3 rings (SSSR count). The average Bonchev–Trinajstić information content (AvgIpc) is 2.76. The number of aryl methyl sites for hydroxylation is 1. The first-order chi connectivity index (χ1) is 17.0. The van der Waals surface area contributed by atoms with Crippen LogP contribution in [-0.2, 0) is 26.2 Å². The number of halogens is 4. The fraction of sp³-hybridized carbons (Fsp3) is 0.182. The molecular weight excluding hydrogens is 559 g/mol. The van der Waals surface area contributed by atoms with E-state index in [-0.39, 0.29) is 27.6 Å². The third-order valence-corrected chi connectivity index (χ3v) is 7.06. The Morgan fingerprint density at radius 3 is 2.30 bits per heavy atom. The number of anilines is 2. The first-order valence-corrected chi connectivity index (χ1v) is 13.8. The number of hydrogen-bond donors (Lipinski definition) is 2. The molecule has 0 fully saturated rings. The van der Waals surface area contributed by atoms with Crippen molar-refractivity contribution in [2.45, 2.75) is 18.0 Å². The maximum absolute atomic E-state index is 13.4. The number of carbonyl (C=O) groups excluding carboxylic acids is 1. The highest BCUT2D eigenvalue weighted by Gasteiger charge is 2.34. The van der Waals surface area contributed by atoms with Gasteiger partial charge < -0.3 is 4.74 Å². The summed E-state index contributed by atoms with van der Waals surface area (Å²) in [6.07, 6.45) is -2.83. The molecule has 0 aliphatic rings. The van der Waals surface area contributed by atoms with E-state index >= 15 is 0 Å². The van der Waals surface area contributed by atoms with Gasteiger partial charge in [0.1, 0.15) is 11.4 Å². The number of rotatable bonds is 8. The highest BCUT2D eigenvalue weighted by Crippen LogP contribution is 2.34. The molecule has 0 atom stereocenters. The second kappa shape index (κ2) is 10.2. The van der Waals surface area contributed by atoms with Gasteiger partial charge in [0.05, 0.1) is 40.1 Å². The molecule has 1 aromatic heterocycles. The van der Waals surface area contributed by atoms with E-state index in [2.05, 4.69) is 14.4 Å². The molecule has 0 amide bonds. The van der Waals surface area contributed by atoms with Crippen molar-refractivity contribution in [2.24, 2.45) is 0 Å². The molecule has 2 aromatic carbocycles. The Kier molecular flexibility index (Phi) is 7.77. The van der Waals surface area contributed by atoms with E-state index in [1.54, 1.807) is 0 Å². The standard InChI is InChI=1S/C22H19ClF3N3O6S2/c1-12-4-6-15(10-17(12)22(24,25)26)37(33,34)29-18-8-13(23)11-27-20(18)21(30)16-9-14(28-36(3,31)32)5-7-19(16)35-2/h4-11,28-29H,1-3H3. The van der Waals surface area contributed by atoms with Crippen molar-refractivity contribution in [1.82, 2.24) is 4.98 Å². The molecule has 0 radical (unpaired) electrons. The number of ether oxygens (including phenoxy) is 1. The van der Waals surface area contributed by atoms with E-state index in [0.717, 1.165) is 36.7 Å². The Hall–Kier alpha value is -3.36. The molecule has 0 aliphatic carbocycles. The van der Waals surface area contributed by atoms with Crippen LogP contribution in [0.15, 0.2) is 53.6 Å². The van der Waals surface area contributed by atoms with Crippen LogP contribution in [0.4, 0.5) is 24.5 Å². The summed E-state index contributed by atoms with van der Waals surface area (Å²) in [5, 5.41) is -0.0754. The van der Waals surface area contributed by atoms with Crippen molar-refractivity contribution in [3.8, 4) is 5.75 Å². The third kappa shape index (κ3) is 6.70. The number of hydrogen-bond acceptors (Lipinski definition) is 7. The number of benzene rings is 2. The fourth-order valence-corrected chi connectivity index (χ4v) is 5.06. The van der Waals surface area contributed by atoms with Crippen molar-refractivity contribution in [2.75, 3.05) is 22.8 Å². The number of alkyl halides is 3. The maximum atomic E-state index is 13.4. The minimum atomic E-state index is -4.80. The number of aromatic nitrogens is 1. The van der Waals surface area contributed by atoms with Crippen LogP contribution in [0.3, 0.4) is 0 Å². The molecule has 0 saturated carbocycles. The summed E-state index contributed by atoms with van der Waals surface area (Å²) in [6, 6.07) is 7.33. The summed E-state index contributed by atoms with van der Waals surface area (Å²) < 4.78 is 98.6. The predicted octanol–water partition coefficient (Wildman–Crippen LogP) is 4.47. The minimum Gasteiger partial charge on any atom is -0.496 e. The average molecular weight is 578 g/mol. The van der Waals surface area contributed by atoms with Gasteiger partial charge >= 0.3 is 6.18 Å². The number of sulfonamides is 2. The van der Waals surface area contributed by atoms with E-state index in [1.807, 2.05) is 0 Å². The number of pyridine rings is 1. The lowest BCUT2D eigenvalue weighted by Gasteiger charge is -2.16. The summed E-state index contributed by atoms with van der Waals surface area (Å²) in [5.74, 6) is -0.869. The summed E-state index contributed by atoms with van der Waals surface area (Å²) >= 11 is 5.95. The Morgan fingerprint density at radius 1 is 1.03 bits per heavy atom. The summed E-state index contributed by atoms with van der Waals surface area (Å²) in [7, 11) is -7.08. The molecular formula is C22H19ClF3N3O6S2. The van der Waals surface area contributed by atoms with Crippen LogP contribution < -0.4 is 14.2 Å². The minimum absolute atomic E-state index is 0.0158.